The lowest BCUT2D eigenvalue weighted by molar-refractivity contribution is -0.149. The summed E-state index contributed by atoms with van der Waals surface area (Å²) in [6, 6.07) is -0.382. The molecule has 5 heteroatoms. The molecule has 0 saturated carbocycles. The SMILES string of the molecule is CCNC(=O)CN(CC)C(C)C(=O)OCC. The Morgan fingerprint density at radius 3 is 2.38 bits per heavy atom. The van der Waals surface area contributed by atoms with Crippen LogP contribution in [0.1, 0.15) is 27.7 Å². The first kappa shape index (κ1) is 14.9. The van der Waals surface area contributed by atoms with Crippen LogP contribution in [0, 0.1) is 0 Å². The van der Waals surface area contributed by atoms with Gasteiger partial charge >= 0.3 is 5.97 Å². The van der Waals surface area contributed by atoms with Gasteiger partial charge in [-0.25, -0.2) is 0 Å². The van der Waals surface area contributed by atoms with Crippen molar-refractivity contribution in [3.05, 3.63) is 0 Å². The fraction of sp³-hybridized carbons (Fsp3) is 0.818. The number of ether oxygens (including phenoxy) is 1. The molecular formula is C11H22N2O3. The van der Waals surface area contributed by atoms with E-state index in [0.29, 0.717) is 19.7 Å². The number of hydrogen-bond acceptors (Lipinski definition) is 4. The summed E-state index contributed by atoms with van der Waals surface area (Å²) in [5, 5.41) is 2.70. The topological polar surface area (TPSA) is 58.6 Å². The summed E-state index contributed by atoms with van der Waals surface area (Å²) >= 11 is 0. The number of carbonyl (C=O) groups is 2. The van der Waals surface area contributed by atoms with E-state index in [-0.39, 0.29) is 24.5 Å². The fourth-order valence-electron chi connectivity index (χ4n) is 1.37. The lowest BCUT2D eigenvalue weighted by atomic mass is 10.2. The molecule has 16 heavy (non-hydrogen) atoms. The minimum atomic E-state index is -0.382. The van der Waals surface area contributed by atoms with Crippen LogP contribution in [0.25, 0.3) is 0 Å². The molecule has 94 valence electrons. The Morgan fingerprint density at radius 2 is 1.94 bits per heavy atom. The van der Waals surface area contributed by atoms with Gasteiger partial charge in [-0.2, -0.15) is 0 Å². The van der Waals surface area contributed by atoms with Crippen molar-refractivity contribution in [1.82, 2.24) is 10.2 Å². The highest BCUT2D eigenvalue weighted by molar-refractivity contribution is 5.80. The predicted octanol–water partition coefficient (Wildman–Crippen LogP) is 0.396. The van der Waals surface area contributed by atoms with E-state index in [9.17, 15) is 9.59 Å². The van der Waals surface area contributed by atoms with Gasteiger partial charge in [0.1, 0.15) is 6.04 Å². The average Bonchev–Trinajstić information content (AvgIpc) is 2.25. The largest absolute Gasteiger partial charge is 0.465 e. The van der Waals surface area contributed by atoms with Gasteiger partial charge in [0.25, 0.3) is 0 Å². The van der Waals surface area contributed by atoms with Gasteiger partial charge in [0.15, 0.2) is 0 Å². The third kappa shape index (κ3) is 5.11. The molecule has 1 unspecified atom stereocenters. The molecule has 0 rings (SSSR count). The van der Waals surface area contributed by atoms with Crippen LogP contribution in [-0.4, -0.2) is 49.1 Å². The monoisotopic (exact) mass is 230 g/mol. The Hall–Kier alpha value is -1.10. The van der Waals surface area contributed by atoms with Gasteiger partial charge < -0.3 is 10.1 Å². The smallest absolute Gasteiger partial charge is 0.323 e. The molecule has 0 aromatic carbocycles. The minimum Gasteiger partial charge on any atom is -0.465 e. The Morgan fingerprint density at radius 1 is 1.31 bits per heavy atom. The molecule has 0 aliphatic heterocycles. The summed E-state index contributed by atoms with van der Waals surface area (Å²) in [5.74, 6) is -0.353. The number of carbonyl (C=O) groups excluding carboxylic acids is 2. The molecule has 0 aliphatic rings. The van der Waals surface area contributed by atoms with Gasteiger partial charge in [0, 0.05) is 6.54 Å². The van der Waals surface area contributed by atoms with Crippen LogP contribution in [0.2, 0.25) is 0 Å². The van der Waals surface area contributed by atoms with Crippen LogP contribution in [0.3, 0.4) is 0 Å². The van der Waals surface area contributed by atoms with E-state index < -0.39 is 0 Å². The second-order valence-corrected chi connectivity index (χ2v) is 3.44. The third-order valence-corrected chi connectivity index (χ3v) is 2.30. The molecule has 1 atom stereocenters. The Kier molecular flexibility index (Phi) is 7.54. The van der Waals surface area contributed by atoms with E-state index in [1.807, 2.05) is 13.8 Å². The summed E-state index contributed by atoms with van der Waals surface area (Å²) in [7, 11) is 0. The Balaban J connectivity index is 4.25. The molecule has 0 spiro atoms. The molecule has 0 bridgehead atoms. The first-order valence-electron chi connectivity index (χ1n) is 5.74. The van der Waals surface area contributed by atoms with Crippen molar-refractivity contribution in [3.63, 3.8) is 0 Å². The first-order chi connectivity index (χ1) is 7.56. The number of likely N-dealkylation sites (N-methyl/N-ethyl adjacent to an activating group) is 2. The highest BCUT2D eigenvalue weighted by Crippen LogP contribution is 2.01. The molecule has 1 amide bonds. The molecule has 0 heterocycles. The summed E-state index contributed by atoms with van der Waals surface area (Å²) in [6.45, 7) is 9.12. The number of rotatable bonds is 7. The van der Waals surface area contributed by atoms with Gasteiger partial charge in [-0.05, 0) is 27.3 Å². The van der Waals surface area contributed by atoms with E-state index in [2.05, 4.69) is 5.32 Å². The molecule has 0 radical (unpaired) electrons. The maximum atomic E-state index is 11.5. The highest BCUT2D eigenvalue weighted by Gasteiger charge is 2.22. The van der Waals surface area contributed by atoms with Gasteiger partial charge in [-0.15, -0.1) is 0 Å². The molecular weight excluding hydrogens is 208 g/mol. The van der Waals surface area contributed by atoms with Crippen molar-refractivity contribution in [2.75, 3.05) is 26.2 Å². The number of hydrogen-bond donors (Lipinski definition) is 1. The molecule has 1 N–H and O–H groups in total. The fourth-order valence-corrected chi connectivity index (χ4v) is 1.37. The van der Waals surface area contributed by atoms with Crippen molar-refractivity contribution in [2.24, 2.45) is 0 Å². The van der Waals surface area contributed by atoms with E-state index in [1.165, 1.54) is 0 Å². The first-order valence-corrected chi connectivity index (χ1v) is 5.74. The average molecular weight is 230 g/mol. The van der Waals surface area contributed by atoms with Crippen molar-refractivity contribution in [1.29, 1.82) is 0 Å². The molecule has 0 fully saturated rings. The van der Waals surface area contributed by atoms with E-state index in [1.54, 1.807) is 18.7 Å². The predicted molar refractivity (Wildman–Crippen MR) is 62.0 cm³/mol. The van der Waals surface area contributed by atoms with Crippen LogP contribution in [0.5, 0.6) is 0 Å². The Bertz CT molecular complexity index is 231. The molecule has 5 nitrogen and oxygen atoms in total. The zero-order chi connectivity index (χ0) is 12.6. The summed E-state index contributed by atoms with van der Waals surface area (Å²) < 4.78 is 4.92. The van der Waals surface area contributed by atoms with E-state index in [4.69, 9.17) is 4.74 Å². The van der Waals surface area contributed by atoms with E-state index >= 15 is 0 Å². The minimum absolute atomic E-state index is 0.0690. The van der Waals surface area contributed by atoms with Crippen LogP contribution >= 0.6 is 0 Å². The number of nitrogens with zero attached hydrogens (tertiary/aromatic N) is 1. The number of esters is 1. The normalized spacial score (nSPS) is 12.3. The second kappa shape index (κ2) is 8.10. The zero-order valence-electron chi connectivity index (χ0n) is 10.6. The van der Waals surface area contributed by atoms with Crippen LogP contribution in [0.15, 0.2) is 0 Å². The molecule has 0 aliphatic carbocycles. The lowest BCUT2D eigenvalue weighted by Crippen LogP contribution is -2.45. The van der Waals surface area contributed by atoms with Crippen LogP contribution in [0.4, 0.5) is 0 Å². The second-order valence-electron chi connectivity index (χ2n) is 3.44. The summed E-state index contributed by atoms with van der Waals surface area (Å²) in [5.41, 5.74) is 0. The number of nitrogens with one attached hydrogen (secondary N) is 1. The lowest BCUT2D eigenvalue weighted by Gasteiger charge is -2.25. The van der Waals surface area contributed by atoms with Gasteiger partial charge in [0.05, 0.1) is 13.2 Å². The summed E-state index contributed by atoms with van der Waals surface area (Å²) in [6.07, 6.45) is 0. The van der Waals surface area contributed by atoms with Gasteiger partial charge in [-0.3, -0.25) is 14.5 Å². The molecule has 0 aromatic rings. The van der Waals surface area contributed by atoms with E-state index in [0.717, 1.165) is 0 Å². The van der Waals surface area contributed by atoms with Crippen molar-refractivity contribution in [3.8, 4) is 0 Å². The van der Waals surface area contributed by atoms with Gasteiger partial charge in [0.2, 0.25) is 5.91 Å². The molecule has 0 aromatic heterocycles. The standard InChI is InChI=1S/C11H22N2O3/c1-5-12-10(14)8-13(6-2)9(4)11(15)16-7-3/h9H,5-8H2,1-4H3,(H,12,14). The molecule has 0 saturated heterocycles. The quantitative estimate of drug-likeness (QED) is 0.643. The third-order valence-electron chi connectivity index (χ3n) is 2.30. The Labute approximate surface area is 97.1 Å². The zero-order valence-corrected chi connectivity index (χ0v) is 10.6. The van der Waals surface area contributed by atoms with Crippen LogP contribution < -0.4 is 5.32 Å². The maximum absolute atomic E-state index is 11.5. The summed E-state index contributed by atoms with van der Waals surface area (Å²) in [4.78, 5) is 24.7. The van der Waals surface area contributed by atoms with Crippen molar-refractivity contribution >= 4 is 11.9 Å². The van der Waals surface area contributed by atoms with Crippen LogP contribution in [-0.2, 0) is 14.3 Å². The highest BCUT2D eigenvalue weighted by atomic mass is 16.5. The number of amides is 1. The van der Waals surface area contributed by atoms with Crippen molar-refractivity contribution < 1.29 is 14.3 Å². The van der Waals surface area contributed by atoms with Crippen molar-refractivity contribution in [2.45, 2.75) is 33.7 Å². The van der Waals surface area contributed by atoms with Gasteiger partial charge in [-0.1, -0.05) is 6.92 Å². The maximum Gasteiger partial charge on any atom is 0.323 e.